The molecule has 0 saturated carbocycles. The summed E-state index contributed by atoms with van der Waals surface area (Å²) in [6, 6.07) is 0. The van der Waals surface area contributed by atoms with Crippen LogP contribution in [-0.4, -0.2) is 35.7 Å². The van der Waals surface area contributed by atoms with Gasteiger partial charge in [0.25, 0.3) is 0 Å². The Hall–Kier alpha value is -1.36. The second-order valence-electron chi connectivity index (χ2n) is 5.72. The molecule has 1 atom stereocenters. The maximum Gasteiger partial charge on any atom is 0.220 e. The van der Waals surface area contributed by atoms with E-state index in [1.165, 1.54) is 18.4 Å². The van der Waals surface area contributed by atoms with Gasteiger partial charge in [0.15, 0.2) is 0 Å². The Labute approximate surface area is 120 Å². The third-order valence-corrected chi connectivity index (χ3v) is 4.06. The van der Waals surface area contributed by atoms with Crippen molar-refractivity contribution in [1.29, 1.82) is 0 Å². The number of hydrogen-bond acceptors (Lipinski definition) is 3. The van der Waals surface area contributed by atoms with E-state index in [0.717, 1.165) is 44.6 Å². The van der Waals surface area contributed by atoms with Crippen LogP contribution in [-0.2, 0) is 11.2 Å². The first-order chi connectivity index (χ1) is 9.75. The standard InChI is InChI=1S/C15H26N4O/c1-12-14(11-18-19-12)5-3-9-17-15(20)7-6-13-4-2-8-16-10-13/h11,13,16H,2-10H2,1H3,(H,17,20)(H,18,19). The molecule has 0 spiro atoms. The van der Waals surface area contributed by atoms with Gasteiger partial charge in [-0.25, -0.2) is 0 Å². The molecule has 1 aromatic heterocycles. The highest BCUT2D eigenvalue weighted by molar-refractivity contribution is 5.75. The van der Waals surface area contributed by atoms with Crippen LogP contribution in [0.4, 0.5) is 0 Å². The minimum absolute atomic E-state index is 0.194. The summed E-state index contributed by atoms with van der Waals surface area (Å²) in [4.78, 5) is 11.8. The topological polar surface area (TPSA) is 69.8 Å². The Bertz CT molecular complexity index is 410. The summed E-state index contributed by atoms with van der Waals surface area (Å²) in [5, 5.41) is 13.3. The van der Waals surface area contributed by atoms with Gasteiger partial charge in [-0.05, 0) is 63.6 Å². The molecule has 0 radical (unpaired) electrons. The van der Waals surface area contributed by atoms with Crippen molar-refractivity contribution in [3.8, 4) is 0 Å². The highest BCUT2D eigenvalue weighted by Crippen LogP contribution is 2.15. The van der Waals surface area contributed by atoms with Crippen LogP contribution >= 0.6 is 0 Å². The number of aromatic nitrogens is 2. The van der Waals surface area contributed by atoms with Gasteiger partial charge in [0.2, 0.25) is 5.91 Å². The number of aryl methyl sites for hydroxylation is 2. The molecule has 5 heteroatoms. The molecule has 0 bridgehead atoms. The Morgan fingerprint density at radius 3 is 3.15 bits per heavy atom. The van der Waals surface area contributed by atoms with Crippen LogP contribution in [0.1, 0.15) is 43.4 Å². The van der Waals surface area contributed by atoms with E-state index in [1.54, 1.807) is 0 Å². The molecule has 1 fully saturated rings. The third kappa shape index (κ3) is 4.96. The molecule has 112 valence electrons. The summed E-state index contributed by atoms with van der Waals surface area (Å²) in [5.74, 6) is 0.877. The first-order valence-corrected chi connectivity index (χ1v) is 7.72. The predicted molar refractivity (Wildman–Crippen MR) is 79.5 cm³/mol. The summed E-state index contributed by atoms with van der Waals surface area (Å²) in [5.41, 5.74) is 2.37. The van der Waals surface area contributed by atoms with Crippen molar-refractivity contribution >= 4 is 5.91 Å². The fourth-order valence-corrected chi connectivity index (χ4v) is 2.73. The number of piperidine rings is 1. The molecule has 1 saturated heterocycles. The molecule has 2 rings (SSSR count). The first kappa shape index (κ1) is 15.0. The lowest BCUT2D eigenvalue weighted by molar-refractivity contribution is -0.121. The molecule has 1 aliphatic rings. The lowest BCUT2D eigenvalue weighted by Crippen LogP contribution is -2.31. The highest BCUT2D eigenvalue weighted by Gasteiger charge is 2.14. The molecule has 1 aliphatic heterocycles. The summed E-state index contributed by atoms with van der Waals surface area (Å²) in [6.45, 7) is 4.99. The Balaban J connectivity index is 1.52. The number of carbonyl (C=O) groups is 1. The number of H-pyrrole nitrogens is 1. The van der Waals surface area contributed by atoms with E-state index in [1.807, 2.05) is 13.1 Å². The second kappa shape index (κ2) is 8.04. The molecule has 1 aromatic rings. The van der Waals surface area contributed by atoms with Gasteiger partial charge >= 0.3 is 0 Å². The molecule has 20 heavy (non-hydrogen) atoms. The van der Waals surface area contributed by atoms with E-state index in [9.17, 15) is 4.79 Å². The van der Waals surface area contributed by atoms with Gasteiger partial charge in [-0.15, -0.1) is 0 Å². The lowest BCUT2D eigenvalue weighted by Gasteiger charge is -2.22. The van der Waals surface area contributed by atoms with Crippen LogP contribution in [0.25, 0.3) is 0 Å². The van der Waals surface area contributed by atoms with Crippen LogP contribution in [0.5, 0.6) is 0 Å². The van der Waals surface area contributed by atoms with Crippen molar-refractivity contribution in [2.45, 2.75) is 45.4 Å². The van der Waals surface area contributed by atoms with Crippen LogP contribution < -0.4 is 10.6 Å². The van der Waals surface area contributed by atoms with Crippen LogP contribution in [0.2, 0.25) is 0 Å². The summed E-state index contributed by atoms with van der Waals surface area (Å²) in [7, 11) is 0. The number of rotatable bonds is 7. The highest BCUT2D eigenvalue weighted by atomic mass is 16.1. The molecule has 1 amide bonds. The summed E-state index contributed by atoms with van der Waals surface area (Å²) < 4.78 is 0. The van der Waals surface area contributed by atoms with Gasteiger partial charge in [-0.1, -0.05) is 0 Å². The molecular formula is C15H26N4O. The second-order valence-corrected chi connectivity index (χ2v) is 5.72. The van der Waals surface area contributed by atoms with Crippen molar-refractivity contribution in [1.82, 2.24) is 20.8 Å². The van der Waals surface area contributed by atoms with Crippen molar-refractivity contribution < 1.29 is 4.79 Å². The number of nitrogens with zero attached hydrogens (tertiary/aromatic N) is 1. The van der Waals surface area contributed by atoms with Crippen LogP contribution in [0, 0.1) is 12.8 Å². The zero-order valence-electron chi connectivity index (χ0n) is 12.4. The average molecular weight is 278 g/mol. The smallest absolute Gasteiger partial charge is 0.220 e. The first-order valence-electron chi connectivity index (χ1n) is 7.72. The molecule has 0 aromatic carbocycles. The molecule has 0 aliphatic carbocycles. The third-order valence-electron chi connectivity index (χ3n) is 4.06. The van der Waals surface area contributed by atoms with E-state index < -0.39 is 0 Å². The maximum absolute atomic E-state index is 11.8. The Kier molecular flexibility index (Phi) is 6.05. The fourth-order valence-electron chi connectivity index (χ4n) is 2.73. The van der Waals surface area contributed by atoms with E-state index in [2.05, 4.69) is 20.8 Å². The summed E-state index contributed by atoms with van der Waals surface area (Å²) in [6.07, 6.45) is 7.99. The van der Waals surface area contributed by atoms with E-state index in [4.69, 9.17) is 0 Å². The monoisotopic (exact) mass is 278 g/mol. The minimum atomic E-state index is 0.194. The lowest BCUT2D eigenvalue weighted by atomic mass is 9.94. The fraction of sp³-hybridized carbons (Fsp3) is 0.733. The number of amides is 1. The number of aromatic amines is 1. The van der Waals surface area contributed by atoms with Crippen molar-refractivity contribution in [2.75, 3.05) is 19.6 Å². The van der Waals surface area contributed by atoms with Crippen molar-refractivity contribution in [2.24, 2.45) is 5.92 Å². The van der Waals surface area contributed by atoms with Gasteiger partial charge in [0.1, 0.15) is 0 Å². The van der Waals surface area contributed by atoms with E-state index in [0.29, 0.717) is 12.3 Å². The Morgan fingerprint density at radius 1 is 1.55 bits per heavy atom. The van der Waals surface area contributed by atoms with Crippen molar-refractivity contribution in [3.05, 3.63) is 17.5 Å². The zero-order chi connectivity index (χ0) is 14.2. The molecule has 2 heterocycles. The largest absolute Gasteiger partial charge is 0.356 e. The SMILES string of the molecule is Cc1[nH]ncc1CCCNC(=O)CCC1CCCNC1. The van der Waals surface area contributed by atoms with Gasteiger partial charge in [-0.2, -0.15) is 5.10 Å². The van der Waals surface area contributed by atoms with Gasteiger partial charge in [-0.3, -0.25) is 9.89 Å². The normalized spacial score (nSPS) is 18.9. The number of hydrogen-bond donors (Lipinski definition) is 3. The zero-order valence-corrected chi connectivity index (χ0v) is 12.4. The van der Waals surface area contributed by atoms with Gasteiger partial charge in [0, 0.05) is 18.7 Å². The Morgan fingerprint density at radius 2 is 2.45 bits per heavy atom. The van der Waals surface area contributed by atoms with Crippen LogP contribution in [0.3, 0.4) is 0 Å². The van der Waals surface area contributed by atoms with E-state index in [-0.39, 0.29) is 5.91 Å². The number of carbonyl (C=O) groups excluding carboxylic acids is 1. The van der Waals surface area contributed by atoms with Gasteiger partial charge < -0.3 is 10.6 Å². The average Bonchev–Trinajstić information content (AvgIpc) is 2.88. The predicted octanol–water partition coefficient (Wildman–Crippen LogP) is 1.55. The molecule has 1 unspecified atom stereocenters. The molecule has 5 nitrogen and oxygen atoms in total. The minimum Gasteiger partial charge on any atom is -0.356 e. The van der Waals surface area contributed by atoms with Crippen molar-refractivity contribution in [3.63, 3.8) is 0 Å². The number of nitrogens with one attached hydrogen (secondary N) is 3. The summed E-state index contributed by atoms with van der Waals surface area (Å²) >= 11 is 0. The molecular weight excluding hydrogens is 252 g/mol. The quantitative estimate of drug-likeness (QED) is 0.663. The molecule has 3 N–H and O–H groups in total. The van der Waals surface area contributed by atoms with Gasteiger partial charge in [0.05, 0.1) is 6.20 Å². The maximum atomic E-state index is 11.8. The van der Waals surface area contributed by atoms with E-state index >= 15 is 0 Å². The van der Waals surface area contributed by atoms with Crippen LogP contribution in [0.15, 0.2) is 6.20 Å².